The molecule has 3 amide bonds. The highest BCUT2D eigenvalue weighted by molar-refractivity contribution is 6.14. The average molecular weight is 434 g/mol. The quantitative estimate of drug-likeness (QED) is 0.513. The molecule has 166 valence electrons. The number of alkyl carbamates (subject to hydrolysis) is 1. The van der Waals surface area contributed by atoms with Crippen molar-refractivity contribution in [2.24, 2.45) is 0 Å². The number of ether oxygens (including phenoxy) is 1. The van der Waals surface area contributed by atoms with Crippen LogP contribution in [0.2, 0.25) is 0 Å². The molecule has 0 bridgehead atoms. The van der Waals surface area contributed by atoms with Crippen LogP contribution in [0.4, 0.5) is 16.2 Å². The van der Waals surface area contributed by atoms with Gasteiger partial charge < -0.3 is 20.7 Å². The summed E-state index contributed by atoms with van der Waals surface area (Å²) in [5.74, 6) is -0.567. The van der Waals surface area contributed by atoms with E-state index in [0.717, 1.165) is 10.8 Å². The molecule has 7 heteroatoms. The lowest BCUT2D eigenvalue weighted by atomic mass is 10.0. The van der Waals surface area contributed by atoms with Crippen molar-refractivity contribution in [1.29, 1.82) is 0 Å². The van der Waals surface area contributed by atoms with Gasteiger partial charge in [0.15, 0.2) is 0 Å². The van der Waals surface area contributed by atoms with Crippen molar-refractivity contribution in [2.75, 3.05) is 17.2 Å². The van der Waals surface area contributed by atoms with Gasteiger partial charge in [-0.15, -0.1) is 0 Å². The molecule has 3 N–H and O–H groups in total. The Hall–Kier alpha value is -3.87. The van der Waals surface area contributed by atoms with Crippen LogP contribution in [0.1, 0.15) is 37.6 Å². The summed E-state index contributed by atoms with van der Waals surface area (Å²) >= 11 is 0. The third-order valence-electron chi connectivity index (χ3n) is 4.50. The molecule has 0 spiro atoms. The van der Waals surface area contributed by atoms with E-state index in [2.05, 4.69) is 16.0 Å². The number of anilines is 2. The van der Waals surface area contributed by atoms with Crippen molar-refractivity contribution >= 4 is 40.1 Å². The third kappa shape index (κ3) is 6.31. The molecular weight excluding hydrogens is 406 g/mol. The Balaban J connectivity index is 1.62. The summed E-state index contributed by atoms with van der Waals surface area (Å²) in [5, 5.41) is 10.0. The standard InChI is InChI=1S/C25H27N3O4/c1-25(2,3)32-24(31)26-16-15-22(29)27-20-13-6-7-14-21(20)28-23(30)19-12-8-10-17-9-4-5-11-18(17)19/h4-14H,15-16H2,1-3H3,(H,26,31)(H,27,29)(H,28,30). The number of carbonyl (C=O) groups is 3. The maximum atomic E-state index is 12.9. The van der Waals surface area contributed by atoms with Gasteiger partial charge in [-0.2, -0.15) is 0 Å². The van der Waals surface area contributed by atoms with E-state index in [9.17, 15) is 14.4 Å². The molecule has 0 aromatic heterocycles. The predicted octanol–water partition coefficient (Wildman–Crippen LogP) is 4.95. The van der Waals surface area contributed by atoms with E-state index < -0.39 is 11.7 Å². The predicted molar refractivity (Wildman–Crippen MR) is 126 cm³/mol. The van der Waals surface area contributed by atoms with Crippen molar-refractivity contribution in [3.63, 3.8) is 0 Å². The first-order valence-electron chi connectivity index (χ1n) is 10.4. The van der Waals surface area contributed by atoms with Gasteiger partial charge in [0.25, 0.3) is 5.91 Å². The van der Waals surface area contributed by atoms with Crippen LogP contribution in [0, 0.1) is 0 Å². The van der Waals surface area contributed by atoms with Crippen LogP contribution in [0.25, 0.3) is 10.8 Å². The van der Waals surface area contributed by atoms with Crippen LogP contribution in [0.3, 0.4) is 0 Å². The molecule has 0 heterocycles. The van der Waals surface area contributed by atoms with Gasteiger partial charge in [0.2, 0.25) is 5.91 Å². The van der Waals surface area contributed by atoms with E-state index in [1.807, 2.05) is 36.4 Å². The number of hydrogen-bond donors (Lipinski definition) is 3. The monoisotopic (exact) mass is 433 g/mol. The van der Waals surface area contributed by atoms with Crippen LogP contribution in [0.5, 0.6) is 0 Å². The lowest BCUT2D eigenvalue weighted by molar-refractivity contribution is -0.116. The number of nitrogens with one attached hydrogen (secondary N) is 3. The van der Waals surface area contributed by atoms with Gasteiger partial charge in [0, 0.05) is 18.5 Å². The van der Waals surface area contributed by atoms with Gasteiger partial charge in [0.05, 0.1) is 11.4 Å². The average Bonchev–Trinajstić information content (AvgIpc) is 2.73. The van der Waals surface area contributed by atoms with Crippen LogP contribution in [0.15, 0.2) is 66.7 Å². The van der Waals surface area contributed by atoms with E-state index >= 15 is 0 Å². The van der Waals surface area contributed by atoms with Crippen molar-refractivity contribution in [1.82, 2.24) is 5.32 Å². The Morgan fingerprint density at radius 1 is 0.812 bits per heavy atom. The fraction of sp³-hybridized carbons (Fsp3) is 0.240. The molecule has 32 heavy (non-hydrogen) atoms. The smallest absolute Gasteiger partial charge is 0.407 e. The van der Waals surface area contributed by atoms with E-state index in [1.165, 1.54) is 0 Å². The maximum absolute atomic E-state index is 12.9. The number of benzene rings is 3. The van der Waals surface area contributed by atoms with E-state index in [4.69, 9.17) is 4.74 Å². The molecule has 3 rings (SSSR count). The summed E-state index contributed by atoms with van der Waals surface area (Å²) in [5.41, 5.74) is 0.904. The fourth-order valence-electron chi connectivity index (χ4n) is 3.12. The zero-order valence-corrected chi connectivity index (χ0v) is 18.4. The van der Waals surface area contributed by atoms with Gasteiger partial charge in [-0.25, -0.2) is 4.79 Å². The second-order valence-corrected chi connectivity index (χ2v) is 8.25. The second-order valence-electron chi connectivity index (χ2n) is 8.25. The number of hydrogen-bond acceptors (Lipinski definition) is 4. The summed E-state index contributed by atoms with van der Waals surface area (Å²) in [6.07, 6.45) is -0.516. The van der Waals surface area contributed by atoms with Gasteiger partial charge in [0.1, 0.15) is 5.60 Å². The summed E-state index contributed by atoms with van der Waals surface area (Å²) in [4.78, 5) is 37.0. The van der Waals surface area contributed by atoms with Crippen molar-refractivity contribution in [2.45, 2.75) is 32.8 Å². The molecular formula is C25H27N3O4. The molecule has 0 aliphatic heterocycles. The largest absolute Gasteiger partial charge is 0.444 e. The SMILES string of the molecule is CC(C)(C)OC(=O)NCCC(=O)Nc1ccccc1NC(=O)c1cccc2ccccc12. The van der Waals surface area contributed by atoms with E-state index in [0.29, 0.717) is 16.9 Å². The van der Waals surface area contributed by atoms with Crippen LogP contribution in [-0.4, -0.2) is 30.1 Å². The summed E-state index contributed by atoms with van der Waals surface area (Å²) in [6, 6.07) is 20.2. The number of carbonyl (C=O) groups excluding carboxylic acids is 3. The maximum Gasteiger partial charge on any atom is 0.407 e. The normalized spacial score (nSPS) is 11.0. The lowest BCUT2D eigenvalue weighted by Gasteiger charge is -2.19. The lowest BCUT2D eigenvalue weighted by Crippen LogP contribution is -2.34. The molecule has 7 nitrogen and oxygen atoms in total. The molecule has 0 fully saturated rings. The topological polar surface area (TPSA) is 96.5 Å². The molecule has 3 aromatic carbocycles. The van der Waals surface area contributed by atoms with Gasteiger partial charge in [-0.1, -0.05) is 48.5 Å². The van der Waals surface area contributed by atoms with E-state index in [1.54, 1.807) is 51.1 Å². The Morgan fingerprint density at radius 2 is 1.44 bits per heavy atom. The summed E-state index contributed by atoms with van der Waals surface area (Å²) < 4.78 is 5.14. The Labute approximate surface area is 187 Å². The number of fused-ring (bicyclic) bond motifs is 1. The summed E-state index contributed by atoms with van der Waals surface area (Å²) in [7, 11) is 0. The van der Waals surface area contributed by atoms with E-state index in [-0.39, 0.29) is 24.8 Å². The highest BCUT2D eigenvalue weighted by atomic mass is 16.6. The van der Waals surface area contributed by atoms with Crippen molar-refractivity contribution in [3.05, 3.63) is 72.3 Å². The molecule has 0 saturated heterocycles. The molecule has 3 aromatic rings. The van der Waals surface area contributed by atoms with Crippen molar-refractivity contribution in [3.8, 4) is 0 Å². The first-order chi connectivity index (χ1) is 15.2. The Kier molecular flexibility index (Phi) is 7.10. The van der Waals surface area contributed by atoms with Crippen LogP contribution in [-0.2, 0) is 9.53 Å². The van der Waals surface area contributed by atoms with Gasteiger partial charge in [-0.05, 0) is 49.7 Å². The summed E-state index contributed by atoms with van der Waals surface area (Å²) in [6.45, 7) is 5.43. The third-order valence-corrected chi connectivity index (χ3v) is 4.50. The Morgan fingerprint density at radius 3 is 2.16 bits per heavy atom. The first-order valence-corrected chi connectivity index (χ1v) is 10.4. The zero-order valence-electron chi connectivity index (χ0n) is 18.4. The minimum Gasteiger partial charge on any atom is -0.444 e. The minimum absolute atomic E-state index is 0.0604. The highest BCUT2D eigenvalue weighted by Gasteiger charge is 2.16. The second kappa shape index (κ2) is 9.96. The zero-order chi connectivity index (χ0) is 23.1. The number of para-hydroxylation sites is 2. The van der Waals surface area contributed by atoms with Crippen LogP contribution < -0.4 is 16.0 Å². The molecule has 0 radical (unpaired) electrons. The van der Waals surface area contributed by atoms with Crippen LogP contribution >= 0.6 is 0 Å². The van der Waals surface area contributed by atoms with Gasteiger partial charge >= 0.3 is 6.09 Å². The van der Waals surface area contributed by atoms with Crippen molar-refractivity contribution < 1.29 is 19.1 Å². The number of amides is 3. The molecule has 0 aliphatic carbocycles. The number of rotatable bonds is 6. The molecule has 0 saturated carbocycles. The van der Waals surface area contributed by atoms with Gasteiger partial charge in [-0.3, -0.25) is 9.59 Å². The minimum atomic E-state index is -0.604. The Bertz CT molecular complexity index is 1130. The first kappa shape index (κ1) is 22.8. The molecule has 0 aliphatic rings. The fourth-order valence-corrected chi connectivity index (χ4v) is 3.12. The molecule has 0 unspecified atom stereocenters. The molecule has 0 atom stereocenters. The highest BCUT2D eigenvalue weighted by Crippen LogP contribution is 2.24.